The van der Waals surface area contributed by atoms with Crippen molar-refractivity contribution in [2.24, 2.45) is 5.10 Å². The number of amides is 1. The van der Waals surface area contributed by atoms with Gasteiger partial charge >= 0.3 is 0 Å². The molecule has 7 nitrogen and oxygen atoms in total. The highest BCUT2D eigenvalue weighted by Gasteiger charge is 2.07. The van der Waals surface area contributed by atoms with Gasteiger partial charge in [-0.25, -0.2) is 5.43 Å². The summed E-state index contributed by atoms with van der Waals surface area (Å²) < 4.78 is 6.65. The number of nitrogens with zero attached hydrogens (tertiary/aromatic N) is 2. The molecule has 1 N–H and O–H groups in total. The SMILES string of the molecule is O=C(N/N=C\c1ccc(OCc2ccc([N+](=O)[O-])cc2)c(I)c1)c1ccc(Cl)cc1. The third-order valence-corrected chi connectivity index (χ3v) is 5.08. The molecule has 0 radical (unpaired) electrons. The number of non-ortho nitro benzene ring substituents is 1. The van der Waals surface area contributed by atoms with Crippen LogP contribution in [-0.4, -0.2) is 17.0 Å². The fraction of sp³-hybridized carbons (Fsp3) is 0.0476. The number of halogens is 2. The maximum atomic E-state index is 12.0. The molecule has 0 fully saturated rings. The molecule has 30 heavy (non-hydrogen) atoms. The largest absolute Gasteiger partial charge is 0.488 e. The van der Waals surface area contributed by atoms with Gasteiger partial charge in [-0.15, -0.1) is 0 Å². The predicted molar refractivity (Wildman–Crippen MR) is 123 cm³/mol. The number of hydrogen-bond acceptors (Lipinski definition) is 5. The molecule has 0 aliphatic heterocycles. The van der Waals surface area contributed by atoms with Crippen LogP contribution >= 0.6 is 34.2 Å². The molecule has 0 saturated carbocycles. The molecule has 0 heterocycles. The average molecular weight is 536 g/mol. The third kappa shape index (κ3) is 6.01. The maximum absolute atomic E-state index is 12.0. The number of carbonyl (C=O) groups excluding carboxylic acids is 1. The molecule has 0 aliphatic carbocycles. The van der Waals surface area contributed by atoms with E-state index in [1.807, 2.05) is 12.1 Å². The fourth-order valence-electron chi connectivity index (χ4n) is 2.42. The van der Waals surface area contributed by atoms with Crippen LogP contribution < -0.4 is 10.2 Å². The maximum Gasteiger partial charge on any atom is 0.271 e. The van der Waals surface area contributed by atoms with Crippen LogP contribution in [0.15, 0.2) is 71.8 Å². The molecule has 0 unspecified atom stereocenters. The summed E-state index contributed by atoms with van der Waals surface area (Å²) in [4.78, 5) is 22.3. The highest BCUT2D eigenvalue weighted by molar-refractivity contribution is 14.1. The lowest BCUT2D eigenvalue weighted by Crippen LogP contribution is -2.17. The summed E-state index contributed by atoms with van der Waals surface area (Å²) in [5, 5.41) is 15.2. The number of benzene rings is 3. The molecule has 9 heteroatoms. The lowest BCUT2D eigenvalue weighted by molar-refractivity contribution is -0.384. The van der Waals surface area contributed by atoms with E-state index >= 15 is 0 Å². The minimum atomic E-state index is -0.439. The summed E-state index contributed by atoms with van der Waals surface area (Å²) in [7, 11) is 0. The van der Waals surface area contributed by atoms with Gasteiger partial charge in [-0.2, -0.15) is 5.10 Å². The summed E-state index contributed by atoms with van der Waals surface area (Å²) >= 11 is 7.95. The Morgan fingerprint density at radius 3 is 2.47 bits per heavy atom. The first-order valence-corrected chi connectivity index (χ1v) is 10.1. The summed E-state index contributed by atoms with van der Waals surface area (Å²) in [5.41, 5.74) is 4.58. The molecule has 1 amide bonds. The first-order valence-electron chi connectivity index (χ1n) is 8.67. The quantitative estimate of drug-likeness (QED) is 0.195. The van der Waals surface area contributed by atoms with Gasteiger partial charge in [0.1, 0.15) is 12.4 Å². The molecule has 0 bridgehead atoms. The van der Waals surface area contributed by atoms with Crippen molar-refractivity contribution in [3.63, 3.8) is 0 Å². The minimum absolute atomic E-state index is 0.0418. The van der Waals surface area contributed by atoms with Crippen LogP contribution in [0.3, 0.4) is 0 Å². The zero-order valence-corrected chi connectivity index (χ0v) is 18.3. The van der Waals surface area contributed by atoms with Gasteiger partial charge in [0.2, 0.25) is 0 Å². The smallest absolute Gasteiger partial charge is 0.271 e. The average Bonchev–Trinajstić information content (AvgIpc) is 2.74. The van der Waals surface area contributed by atoms with Crippen molar-refractivity contribution in [2.75, 3.05) is 0 Å². The topological polar surface area (TPSA) is 93.8 Å². The number of nitro benzene ring substituents is 1. The van der Waals surface area contributed by atoms with E-state index in [0.29, 0.717) is 22.9 Å². The van der Waals surface area contributed by atoms with Gasteiger partial charge in [-0.1, -0.05) is 11.6 Å². The molecule has 0 aromatic heterocycles. The van der Waals surface area contributed by atoms with Crippen molar-refractivity contribution in [1.82, 2.24) is 5.43 Å². The van der Waals surface area contributed by atoms with Gasteiger partial charge < -0.3 is 4.74 Å². The number of nitro groups is 1. The van der Waals surface area contributed by atoms with Crippen LogP contribution in [0.2, 0.25) is 5.02 Å². The van der Waals surface area contributed by atoms with Crippen molar-refractivity contribution >= 4 is 52.0 Å². The highest BCUT2D eigenvalue weighted by Crippen LogP contribution is 2.23. The molecule has 0 atom stereocenters. The van der Waals surface area contributed by atoms with Crippen LogP contribution in [0.1, 0.15) is 21.5 Å². The van der Waals surface area contributed by atoms with Gasteiger partial charge in [0.25, 0.3) is 11.6 Å². The van der Waals surface area contributed by atoms with E-state index in [9.17, 15) is 14.9 Å². The standard InChI is InChI=1S/C21H15ClIN3O4/c22-17-6-4-16(5-7-17)21(27)25-24-12-15-3-10-20(19(23)11-15)30-13-14-1-8-18(9-2-14)26(28)29/h1-12H,13H2,(H,25,27)/b24-12-. The van der Waals surface area contributed by atoms with Crippen molar-refractivity contribution in [3.05, 3.63) is 102 Å². The van der Waals surface area contributed by atoms with E-state index in [0.717, 1.165) is 14.7 Å². The highest BCUT2D eigenvalue weighted by atomic mass is 127. The Balaban J connectivity index is 1.56. The molecule has 0 spiro atoms. The first-order chi connectivity index (χ1) is 14.4. The third-order valence-electron chi connectivity index (χ3n) is 3.98. The molecule has 0 saturated heterocycles. The number of ether oxygens (including phenoxy) is 1. The van der Waals surface area contributed by atoms with Gasteiger partial charge in [0.05, 0.1) is 14.7 Å². The van der Waals surface area contributed by atoms with E-state index in [1.54, 1.807) is 42.5 Å². The zero-order chi connectivity index (χ0) is 21.5. The van der Waals surface area contributed by atoms with Crippen molar-refractivity contribution < 1.29 is 14.5 Å². The lowest BCUT2D eigenvalue weighted by atomic mass is 10.2. The van der Waals surface area contributed by atoms with E-state index in [4.69, 9.17) is 16.3 Å². The van der Waals surface area contributed by atoms with Gasteiger partial charge in [-0.05, 0) is 88.3 Å². The Kier molecular flexibility index (Phi) is 7.36. The normalized spacial score (nSPS) is 10.7. The second-order valence-corrected chi connectivity index (χ2v) is 7.71. The van der Waals surface area contributed by atoms with Gasteiger partial charge in [0, 0.05) is 22.7 Å². The van der Waals surface area contributed by atoms with Crippen LogP contribution in [0.5, 0.6) is 5.75 Å². The summed E-state index contributed by atoms with van der Waals surface area (Å²) in [6.07, 6.45) is 1.54. The number of carbonyl (C=O) groups is 1. The monoisotopic (exact) mass is 535 g/mol. The Hall–Kier alpha value is -2.98. The van der Waals surface area contributed by atoms with Crippen LogP contribution in [0.25, 0.3) is 0 Å². The molecule has 152 valence electrons. The van der Waals surface area contributed by atoms with E-state index in [-0.39, 0.29) is 11.6 Å². The van der Waals surface area contributed by atoms with Gasteiger partial charge in [0.15, 0.2) is 0 Å². The second kappa shape index (κ2) is 10.2. The van der Waals surface area contributed by atoms with Crippen molar-refractivity contribution in [2.45, 2.75) is 6.61 Å². The van der Waals surface area contributed by atoms with E-state index < -0.39 is 4.92 Å². The van der Waals surface area contributed by atoms with Crippen LogP contribution in [0, 0.1) is 13.7 Å². The fourth-order valence-corrected chi connectivity index (χ4v) is 3.24. The lowest BCUT2D eigenvalue weighted by Gasteiger charge is -2.09. The molecule has 3 aromatic carbocycles. The zero-order valence-electron chi connectivity index (χ0n) is 15.4. The minimum Gasteiger partial charge on any atom is -0.488 e. The van der Waals surface area contributed by atoms with E-state index in [1.165, 1.54) is 18.3 Å². The van der Waals surface area contributed by atoms with Crippen LogP contribution in [-0.2, 0) is 6.61 Å². The first kappa shape index (κ1) is 21.7. The number of rotatable bonds is 7. The molecular weight excluding hydrogens is 521 g/mol. The van der Waals surface area contributed by atoms with Crippen molar-refractivity contribution in [3.8, 4) is 5.75 Å². The number of hydrazone groups is 1. The number of nitrogens with one attached hydrogen (secondary N) is 1. The molecular formula is C21H15ClIN3O4. The predicted octanol–water partition coefficient (Wildman–Crippen LogP) is 5.20. The summed E-state index contributed by atoms with van der Waals surface area (Å²) in [6.45, 7) is 0.290. The number of hydrogen-bond donors (Lipinski definition) is 1. The summed E-state index contributed by atoms with van der Waals surface area (Å²) in [6, 6.07) is 18.2. The van der Waals surface area contributed by atoms with Crippen LogP contribution in [0.4, 0.5) is 5.69 Å². The Labute approximate surface area is 191 Å². The molecule has 0 aliphatic rings. The second-order valence-electron chi connectivity index (χ2n) is 6.11. The summed E-state index contributed by atoms with van der Waals surface area (Å²) in [5.74, 6) is 0.344. The molecule has 3 rings (SSSR count). The molecule has 3 aromatic rings. The Morgan fingerprint density at radius 2 is 1.83 bits per heavy atom. The Morgan fingerprint density at radius 1 is 1.13 bits per heavy atom. The van der Waals surface area contributed by atoms with E-state index in [2.05, 4.69) is 33.1 Å². The van der Waals surface area contributed by atoms with Gasteiger partial charge in [-0.3, -0.25) is 14.9 Å². The Bertz CT molecular complexity index is 1090. The van der Waals surface area contributed by atoms with Crippen molar-refractivity contribution in [1.29, 1.82) is 0 Å².